The summed E-state index contributed by atoms with van der Waals surface area (Å²) in [7, 11) is 0. The van der Waals surface area contributed by atoms with Crippen LogP contribution in [0.5, 0.6) is 0 Å². The highest BCUT2D eigenvalue weighted by Gasteiger charge is 2.08. The Labute approximate surface area is 85.2 Å². The number of carbonyl (C=O) groups is 1. The molecular weight excluding hydrogens is 194 g/mol. The van der Waals surface area contributed by atoms with Gasteiger partial charge in [-0.15, -0.1) is 5.10 Å². The van der Waals surface area contributed by atoms with Crippen LogP contribution in [0.25, 0.3) is 0 Å². The molecule has 0 saturated heterocycles. The van der Waals surface area contributed by atoms with E-state index in [1.54, 1.807) is 24.4 Å². The predicted octanol–water partition coefficient (Wildman–Crippen LogP) is 0.361. The molecule has 6 heteroatoms. The van der Waals surface area contributed by atoms with Crippen LogP contribution in [0.4, 0.5) is 0 Å². The van der Waals surface area contributed by atoms with Gasteiger partial charge in [0.25, 0.3) is 5.82 Å². The zero-order valence-electron chi connectivity index (χ0n) is 7.71. The summed E-state index contributed by atoms with van der Waals surface area (Å²) in [6, 6.07) is 5.22. The summed E-state index contributed by atoms with van der Waals surface area (Å²) in [5, 5.41) is 12.3. The standard InChI is InChI=1S/C9H7N5O/c10-4-9-12-6-14(13-9)5-8(15)7-2-1-3-11-7/h1-3,6,11H,5H2. The molecule has 0 aliphatic rings. The lowest BCUT2D eigenvalue weighted by Gasteiger charge is -1.96. The first-order chi connectivity index (χ1) is 7.29. The minimum absolute atomic E-state index is 0.0642. The Hall–Kier alpha value is -2.42. The molecule has 0 amide bonds. The SMILES string of the molecule is N#Cc1ncn(CC(=O)c2ccc[nH]2)n1. The molecule has 2 heterocycles. The Bertz CT molecular complexity index is 505. The molecule has 0 atom stereocenters. The summed E-state index contributed by atoms with van der Waals surface area (Å²) in [5.41, 5.74) is 0.518. The minimum Gasteiger partial charge on any atom is -0.359 e. The molecule has 0 aliphatic carbocycles. The van der Waals surface area contributed by atoms with E-state index < -0.39 is 0 Å². The van der Waals surface area contributed by atoms with Crippen LogP contribution in [-0.4, -0.2) is 25.5 Å². The number of hydrogen-bond acceptors (Lipinski definition) is 4. The van der Waals surface area contributed by atoms with E-state index in [0.717, 1.165) is 0 Å². The van der Waals surface area contributed by atoms with Crippen LogP contribution < -0.4 is 0 Å². The van der Waals surface area contributed by atoms with E-state index in [1.165, 1.54) is 11.0 Å². The number of nitriles is 1. The van der Waals surface area contributed by atoms with Gasteiger partial charge in [-0.3, -0.25) is 4.79 Å². The summed E-state index contributed by atoms with van der Waals surface area (Å²) >= 11 is 0. The number of H-pyrrole nitrogens is 1. The summed E-state index contributed by atoms with van der Waals surface area (Å²) < 4.78 is 1.34. The van der Waals surface area contributed by atoms with E-state index >= 15 is 0 Å². The van der Waals surface area contributed by atoms with Crippen molar-refractivity contribution in [3.05, 3.63) is 36.2 Å². The number of nitrogens with zero attached hydrogens (tertiary/aromatic N) is 4. The van der Waals surface area contributed by atoms with Crippen molar-refractivity contribution in [3.8, 4) is 6.07 Å². The second kappa shape index (κ2) is 3.75. The van der Waals surface area contributed by atoms with Gasteiger partial charge in [-0.1, -0.05) is 0 Å². The molecule has 0 bridgehead atoms. The molecule has 2 aromatic rings. The van der Waals surface area contributed by atoms with Gasteiger partial charge in [-0.05, 0) is 12.1 Å². The predicted molar refractivity (Wildman–Crippen MR) is 49.9 cm³/mol. The third-order valence-corrected chi connectivity index (χ3v) is 1.84. The van der Waals surface area contributed by atoms with Crippen LogP contribution in [0.15, 0.2) is 24.7 Å². The van der Waals surface area contributed by atoms with E-state index in [2.05, 4.69) is 15.1 Å². The zero-order chi connectivity index (χ0) is 10.7. The number of ketones is 1. The molecule has 0 aliphatic heterocycles. The van der Waals surface area contributed by atoms with Crippen LogP contribution in [0.1, 0.15) is 16.3 Å². The lowest BCUT2D eigenvalue weighted by molar-refractivity contribution is 0.0963. The smallest absolute Gasteiger partial charge is 0.252 e. The van der Waals surface area contributed by atoms with Crippen LogP contribution in [-0.2, 0) is 6.54 Å². The zero-order valence-corrected chi connectivity index (χ0v) is 7.71. The van der Waals surface area contributed by atoms with Crippen molar-refractivity contribution in [1.82, 2.24) is 19.7 Å². The Morgan fingerprint density at radius 1 is 1.67 bits per heavy atom. The summed E-state index contributed by atoms with van der Waals surface area (Å²) in [5.74, 6) is -0.0383. The minimum atomic E-state index is -0.102. The molecule has 0 radical (unpaired) electrons. The lowest BCUT2D eigenvalue weighted by Crippen LogP contribution is -2.11. The van der Waals surface area contributed by atoms with Crippen molar-refractivity contribution in [2.45, 2.75) is 6.54 Å². The molecule has 0 unspecified atom stereocenters. The molecule has 15 heavy (non-hydrogen) atoms. The Morgan fingerprint density at radius 3 is 3.13 bits per heavy atom. The quantitative estimate of drug-likeness (QED) is 0.726. The summed E-state index contributed by atoms with van der Waals surface area (Å²) in [6.07, 6.45) is 3.04. The van der Waals surface area contributed by atoms with E-state index in [9.17, 15) is 4.79 Å². The number of rotatable bonds is 3. The lowest BCUT2D eigenvalue weighted by atomic mass is 10.3. The Morgan fingerprint density at radius 2 is 2.53 bits per heavy atom. The van der Waals surface area contributed by atoms with E-state index in [1.807, 2.05) is 0 Å². The highest BCUT2D eigenvalue weighted by Crippen LogP contribution is 1.98. The first kappa shape index (κ1) is 9.15. The van der Waals surface area contributed by atoms with Gasteiger partial charge < -0.3 is 4.98 Å². The van der Waals surface area contributed by atoms with Crippen molar-refractivity contribution in [1.29, 1.82) is 5.26 Å². The van der Waals surface area contributed by atoms with E-state index in [0.29, 0.717) is 5.69 Å². The fourth-order valence-electron chi connectivity index (χ4n) is 1.16. The Kier molecular flexibility index (Phi) is 2.29. The molecule has 0 spiro atoms. The molecule has 0 fully saturated rings. The monoisotopic (exact) mass is 201 g/mol. The second-order valence-electron chi connectivity index (χ2n) is 2.88. The Balaban J connectivity index is 2.10. The second-order valence-corrected chi connectivity index (χ2v) is 2.88. The molecule has 1 N–H and O–H groups in total. The fourth-order valence-corrected chi connectivity index (χ4v) is 1.16. The van der Waals surface area contributed by atoms with Gasteiger partial charge in [-0.25, -0.2) is 9.67 Å². The third kappa shape index (κ3) is 1.91. The average molecular weight is 201 g/mol. The van der Waals surface area contributed by atoms with Crippen molar-refractivity contribution < 1.29 is 4.79 Å². The number of aromatic amines is 1. The third-order valence-electron chi connectivity index (χ3n) is 1.84. The summed E-state index contributed by atoms with van der Waals surface area (Å²) in [4.78, 5) is 18.1. The molecule has 2 rings (SSSR count). The van der Waals surface area contributed by atoms with Crippen molar-refractivity contribution in [2.24, 2.45) is 0 Å². The van der Waals surface area contributed by atoms with Gasteiger partial charge in [0, 0.05) is 6.20 Å². The number of Topliss-reactive ketones (excluding diaryl/α,β-unsaturated/α-hetero) is 1. The van der Waals surface area contributed by atoms with E-state index in [-0.39, 0.29) is 18.2 Å². The van der Waals surface area contributed by atoms with Gasteiger partial charge in [0.15, 0.2) is 5.78 Å². The molecule has 0 saturated carbocycles. The highest BCUT2D eigenvalue weighted by atomic mass is 16.1. The van der Waals surface area contributed by atoms with Crippen molar-refractivity contribution in [2.75, 3.05) is 0 Å². The van der Waals surface area contributed by atoms with Crippen LogP contribution in [0.3, 0.4) is 0 Å². The first-order valence-electron chi connectivity index (χ1n) is 4.26. The molecule has 74 valence electrons. The van der Waals surface area contributed by atoms with Gasteiger partial charge in [0.1, 0.15) is 18.9 Å². The maximum Gasteiger partial charge on any atom is 0.252 e. The molecular formula is C9H7N5O. The number of aromatic nitrogens is 4. The van der Waals surface area contributed by atoms with Gasteiger partial charge in [-0.2, -0.15) is 5.26 Å². The van der Waals surface area contributed by atoms with Crippen molar-refractivity contribution >= 4 is 5.78 Å². The van der Waals surface area contributed by atoms with Gasteiger partial charge in [0.2, 0.25) is 0 Å². The highest BCUT2D eigenvalue weighted by molar-refractivity contribution is 5.94. The van der Waals surface area contributed by atoms with Crippen LogP contribution in [0, 0.1) is 11.3 Å². The number of nitrogens with one attached hydrogen (secondary N) is 1. The largest absolute Gasteiger partial charge is 0.359 e. The molecule has 0 aromatic carbocycles. The maximum absolute atomic E-state index is 11.6. The average Bonchev–Trinajstić information content (AvgIpc) is 2.87. The topological polar surface area (TPSA) is 87.4 Å². The normalized spacial score (nSPS) is 9.80. The van der Waals surface area contributed by atoms with Crippen LogP contribution >= 0.6 is 0 Å². The number of hydrogen-bond donors (Lipinski definition) is 1. The molecule has 2 aromatic heterocycles. The van der Waals surface area contributed by atoms with Gasteiger partial charge in [0.05, 0.1) is 5.69 Å². The maximum atomic E-state index is 11.6. The van der Waals surface area contributed by atoms with Gasteiger partial charge >= 0.3 is 0 Å². The van der Waals surface area contributed by atoms with E-state index in [4.69, 9.17) is 5.26 Å². The molecule has 6 nitrogen and oxygen atoms in total. The first-order valence-corrected chi connectivity index (χ1v) is 4.26. The summed E-state index contributed by atoms with van der Waals surface area (Å²) in [6.45, 7) is 0.0786. The van der Waals surface area contributed by atoms with Crippen molar-refractivity contribution in [3.63, 3.8) is 0 Å². The van der Waals surface area contributed by atoms with Crippen LogP contribution in [0.2, 0.25) is 0 Å². The fraction of sp³-hybridized carbons (Fsp3) is 0.111. The number of carbonyl (C=O) groups excluding carboxylic acids is 1.